The second-order valence-corrected chi connectivity index (χ2v) is 11.4. The number of carbonyl (C=O) groups is 3. The third-order valence-corrected chi connectivity index (χ3v) is 7.11. The Morgan fingerprint density at radius 3 is 1.77 bits per heavy atom. The molecule has 0 aliphatic carbocycles. The molecule has 0 aliphatic rings. The van der Waals surface area contributed by atoms with Crippen LogP contribution in [-0.2, 0) is 31.1 Å². The summed E-state index contributed by atoms with van der Waals surface area (Å²) in [5.74, 6) is -2.37. The van der Waals surface area contributed by atoms with Crippen molar-refractivity contribution in [2.45, 2.75) is 63.3 Å². The molecule has 1 aromatic heterocycles. The van der Waals surface area contributed by atoms with Gasteiger partial charge in [-0.05, 0) is 43.9 Å². The Bertz CT molecular complexity index is 1390. The van der Waals surface area contributed by atoms with E-state index in [-0.39, 0.29) is 19.3 Å². The van der Waals surface area contributed by atoms with Gasteiger partial charge < -0.3 is 25.5 Å². The molecule has 0 radical (unpaired) electrons. The lowest BCUT2D eigenvalue weighted by atomic mass is 9.74. The molecule has 0 saturated heterocycles. The minimum atomic E-state index is -1.40. The SMILES string of the molecule is CC(C)(C)OC(=O)[C@H](CCC(=O)O)N(C(=O)[C@@H](N)Cc1cnc[nH]1)C(c1ccccc1)(c1ccccc1)c1ccccc1. The van der Waals surface area contributed by atoms with Gasteiger partial charge in [0.1, 0.15) is 17.2 Å². The van der Waals surface area contributed by atoms with Crippen LogP contribution in [0.4, 0.5) is 0 Å². The first-order valence-electron chi connectivity index (χ1n) is 14.2. The number of carbonyl (C=O) groups excluding carboxylic acids is 2. The predicted octanol–water partition coefficient (Wildman–Crippen LogP) is 4.68. The summed E-state index contributed by atoms with van der Waals surface area (Å²) >= 11 is 0. The van der Waals surface area contributed by atoms with Crippen molar-refractivity contribution in [2.75, 3.05) is 0 Å². The van der Waals surface area contributed by atoms with Gasteiger partial charge in [0, 0.05) is 24.7 Å². The van der Waals surface area contributed by atoms with Crippen molar-refractivity contribution in [2.24, 2.45) is 5.73 Å². The second kappa shape index (κ2) is 13.5. The van der Waals surface area contributed by atoms with Gasteiger partial charge in [0.25, 0.3) is 0 Å². The molecule has 1 amide bonds. The number of carboxylic acid groups (broad SMARTS) is 1. The lowest BCUT2D eigenvalue weighted by Crippen LogP contribution is -2.62. The summed E-state index contributed by atoms with van der Waals surface area (Å²) in [7, 11) is 0. The van der Waals surface area contributed by atoms with E-state index < -0.39 is 41.1 Å². The lowest BCUT2D eigenvalue weighted by molar-refractivity contribution is -0.169. The molecule has 9 nitrogen and oxygen atoms in total. The average molecular weight is 583 g/mol. The number of hydrogen-bond donors (Lipinski definition) is 3. The number of aromatic amines is 1. The summed E-state index contributed by atoms with van der Waals surface area (Å²) in [5, 5.41) is 9.74. The van der Waals surface area contributed by atoms with Gasteiger partial charge in [-0.2, -0.15) is 0 Å². The van der Waals surface area contributed by atoms with E-state index in [9.17, 15) is 19.5 Å². The van der Waals surface area contributed by atoms with Gasteiger partial charge in [-0.25, -0.2) is 9.78 Å². The standard InChI is InChI=1S/C34H38N4O5/c1-33(2,3)43-32(42)29(19-20-30(39)40)38(31(41)28(35)21-27-22-36-23-37-27)34(24-13-7-4-8-14-24,25-15-9-5-10-16-25)26-17-11-6-12-18-26/h4-18,22-23,28-29H,19-21,35H2,1-3H3,(H,36,37)(H,39,40)/t28-,29-/m0/s1. The van der Waals surface area contributed by atoms with Crippen molar-refractivity contribution in [1.29, 1.82) is 0 Å². The van der Waals surface area contributed by atoms with E-state index in [4.69, 9.17) is 10.5 Å². The number of aliphatic carboxylic acids is 1. The molecule has 2 atom stereocenters. The van der Waals surface area contributed by atoms with Crippen LogP contribution in [0.3, 0.4) is 0 Å². The molecule has 0 fully saturated rings. The maximum absolute atomic E-state index is 14.9. The molecule has 0 unspecified atom stereocenters. The molecule has 43 heavy (non-hydrogen) atoms. The molecule has 4 N–H and O–H groups in total. The monoisotopic (exact) mass is 582 g/mol. The van der Waals surface area contributed by atoms with E-state index in [1.54, 1.807) is 27.0 Å². The van der Waals surface area contributed by atoms with E-state index in [1.165, 1.54) is 11.2 Å². The van der Waals surface area contributed by atoms with Crippen molar-refractivity contribution >= 4 is 17.8 Å². The van der Waals surface area contributed by atoms with E-state index in [1.807, 2.05) is 91.0 Å². The van der Waals surface area contributed by atoms with Crippen LogP contribution in [0.25, 0.3) is 0 Å². The first-order valence-corrected chi connectivity index (χ1v) is 14.2. The zero-order valence-corrected chi connectivity index (χ0v) is 24.6. The van der Waals surface area contributed by atoms with Gasteiger partial charge in [-0.15, -0.1) is 0 Å². The maximum atomic E-state index is 14.9. The maximum Gasteiger partial charge on any atom is 0.329 e. The van der Waals surface area contributed by atoms with Crippen LogP contribution in [0, 0.1) is 0 Å². The zero-order chi connectivity index (χ0) is 31.0. The van der Waals surface area contributed by atoms with Crippen LogP contribution in [0.2, 0.25) is 0 Å². The van der Waals surface area contributed by atoms with Gasteiger partial charge in [0.15, 0.2) is 0 Å². The average Bonchev–Trinajstić information content (AvgIpc) is 3.50. The van der Waals surface area contributed by atoms with Crippen molar-refractivity contribution in [3.63, 3.8) is 0 Å². The number of nitrogens with one attached hydrogen (secondary N) is 1. The molecule has 3 aromatic carbocycles. The number of carboxylic acids is 1. The highest BCUT2D eigenvalue weighted by Gasteiger charge is 2.51. The molecule has 9 heteroatoms. The van der Waals surface area contributed by atoms with Crippen molar-refractivity contribution in [3.8, 4) is 0 Å². The molecule has 0 saturated carbocycles. The van der Waals surface area contributed by atoms with Crippen LogP contribution in [0.5, 0.6) is 0 Å². The number of nitrogens with zero attached hydrogens (tertiary/aromatic N) is 2. The summed E-state index contributed by atoms with van der Waals surface area (Å²) in [4.78, 5) is 49.5. The first kappa shape index (κ1) is 31.2. The van der Waals surface area contributed by atoms with Crippen molar-refractivity contribution in [3.05, 3.63) is 126 Å². The largest absolute Gasteiger partial charge is 0.481 e. The number of ether oxygens (including phenoxy) is 1. The van der Waals surface area contributed by atoms with Crippen LogP contribution < -0.4 is 5.73 Å². The molecule has 0 aliphatic heterocycles. The minimum absolute atomic E-state index is 0.115. The number of aromatic nitrogens is 2. The fourth-order valence-corrected chi connectivity index (χ4v) is 5.39. The predicted molar refractivity (Wildman–Crippen MR) is 163 cm³/mol. The summed E-state index contributed by atoms with van der Waals surface area (Å²) in [6, 6.07) is 25.7. The number of rotatable bonds is 12. The summed E-state index contributed by atoms with van der Waals surface area (Å²) in [6.07, 6.45) is 2.64. The highest BCUT2D eigenvalue weighted by molar-refractivity contribution is 5.90. The smallest absolute Gasteiger partial charge is 0.329 e. The number of imidazole rings is 1. The molecule has 0 spiro atoms. The number of benzene rings is 3. The lowest BCUT2D eigenvalue weighted by Gasteiger charge is -2.49. The Morgan fingerprint density at radius 2 is 1.37 bits per heavy atom. The van der Waals surface area contributed by atoms with Crippen LogP contribution in [0.1, 0.15) is 56.0 Å². The van der Waals surface area contributed by atoms with E-state index >= 15 is 0 Å². The Morgan fingerprint density at radius 1 is 0.884 bits per heavy atom. The molecule has 1 heterocycles. The summed E-state index contributed by atoms with van der Waals surface area (Å²) in [5.41, 5.74) is 7.08. The third kappa shape index (κ3) is 7.18. The number of esters is 1. The highest BCUT2D eigenvalue weighted by Crippen LogP contribution is 2.45. The molecular formula is C34H38N4O5. The quantitative estimate of drug-likeness (QED) is 0.163. The topological polar surface area (TPSA) is 139 Å². The molecule has 224 valence electrons. The van der Waals surface area contributed by atoms with Gasteiger partial charge in [-0.3, -0.25) is 9.59 Å². The Kier molecular flexibility index (Phi) is 9.77. The van der Waals surface area contributed by atoms with Crippen molar-refractivity contribution in [1.82, 2.24) is 14.9 Å². The Balaban J connectivity index is 2.08. The van der Waals surface area contributed by atoms with Gasteiger partial charge >= 0.3 is 11.9 Å². The fourth-order valence-electron chi connectivity index (χ4n) is 5.39. The zero-order valence-electron chi connectivity index (χ0n) is 24.6. The number of hydrogen-bond acceptors (Lipinski definition) is 6. The third-order valence-electron chi connectivity index (χ3n) is 7.11. The Hall–Kier alpha value is -4.76. The number of amides is 1. The van der Waals surface area contributed by atoms with Crippen LogP contribution >= 0.6 is 0 Å². The summed E-state index contributed by atoms with van der Waals surface area (Å²) < 4.78 is 5.87. The van der Waals surface area contributed by atoms with E-state index in [2.05, 4.69) is 9.97 Å². The molecule has 4 aromatic rings. The second-order valence-electron chi connectivity index (χ2n) is 11.4. The molecule has 0 bridgehead atoms. The van der Waals surface area contributed by atoms with Gasteiger partial charge in [0.2, 0.25) is 5.91 Å². The first-order chi connectivity index (χ1) is 20.5. The number of nitrogens with two attached hydrogens (primary N) is 1. The van der Waals surface area contributed by atoms with Gasteiger partial charge in [0.05, 0.1) is 12.4 Å². The van der Waals surface area contributed by atoms with Crippen LogP contribution in [-0.4, -0.2) is 55.5 Å². The van der Waals surface area contributed by atoms with Crippen molar-refractivity contribution < 1.29 is 24.2 Å². The normalized spacial score (nSPS) is 13.1. The van der Waals surface area contributed by atoms with E-state index in [0.29, 0.717) is 22.4 Å². The van der Waals surface area contributed by atoms with E-state index in [0.717, 1.165) is 0 Å². The van der Waals surface area contributed by atoms with Gasteiger partial charge in [-0.1, -0.05) is 91.0 Å². The minimum Gasteiger partial charge on any atom is -0.481 e. The summed E-state index contributed by atoms with van der Waals surface area (Å²) in [6.45, 7) is 5.19. The highest BCUT2D eigenvalue weighted by atomic mass is 16.6. The molecular weight excluding hydrogens is 544 g/mol. The van der Waals surface area contributed by atoms with Crippen LogP contribution in [0.15, 0.2) is 104 Å². The fraction of sp³-hybridized carbons (Fsp3) is 0.294. The number of H-pyrrole nitrogens is 1. The Labute approximate surface area is 251 Å². The molecule has 4 rings (SSSR count).